The molecule has 2 aromatic carbocycles. The van der Waals surface area contributed by atoms with Crippen molar-refractivity contribution in [3.05, 3.63) is 46.0 Å². The number of benzene rings is 2. The SMILES string of the molecule is CC(C)(C)OC(=O)N1c2ccc(N3CCCC3)cc2Sc2cc(C(F)(F)F)cc([N+](=O)[O-])c21. The van der Waals surface area contributed by atoms with Crippen molar-refractivity contribution >= 4 is 40.6 Å². The standard InChI is InChI=1S/C22H22F3N3O4S/c1-21(2,3)32-20(29)27-15-7-6-14(26-8-4-5-9-26)12-17(15)33-18-11-13(22(23,24)25)10-16(19(18)27)28(30)31/h6-7,10-12H,4-5,8-9H2,1-3H3. The van der Waals surface area contributed by atoms with Gasteiger partial charge in [0.15, 0.2) is 0 Å². The maximum absolute atomic E-state index is 13.5. The van der Waals surface area contributed by atoms with Gasteiger partial charge in [-0.2, -0.15) is 13.2 Å². The largest absolute Gasteiger partial charge is 0.443 e. The number of halogens is 3. The fourth-order valence-electron chi connectivity index (χ4n) is 3.88. The number of amides is 1. The number of ether oxygens (including phenoxy) is 1. The van der Waals surface area contributed by atoms with E-state index in [0.717, 1.165) is 54.3 Å². The van der Waals surface area contributed by atoms with Gasteiger partial charge >= 0.3 is 12.3 Å². The quantitative estimate of drug-likeness (QED) is 0.349. The van der Waals surface area contributed by atoms with Gasteiger partial charge in [0.05, 0.1) is 16.2 Å². The molecular weight excluding hydrogens is 459 g/mol. The number of alkyl halides is 3. The third-order valence-corrected chi connectivity index (χ3v) is 6.33. The number of hydrogen-bond acceptors (Lipinski definition) is 6. The van der Waals surface area contributed by atoms with E-state index in [-0.39, 0.29) is 10.6 Å². The van der Waals surface area contributed by atoms with Crippen LogP contribution in [0.25, 0.3) is 0 Å². The minimum Gasteiger partial charge on any atom is -0.443 e. The van der Waals surface area contributed by atoms with Crippen molar-refractivity contribution < 1.29 is 27.6 Å². The minimum absolute atomic E-state index is 0.0338. The number of rotatable bonds is 2. The lowest BCUT2D eigenvalue weighted by molar-refractivity contribution is -0.384. The van der Waals surface area contributed by atoms with Crippen molar-refractivity contribution in [1.82, 2.24) is 0 Å². The van der Waals surface area contributed by atoms with E-state index in [2.05, 4.69) is 4.90 Å². The van der Waals surface area contributed by atoms with Crippen molar-refractivity contribution in [3.63, 3.8) is 0 Å². The van der Waals surface area contributed by atoms with Gasteiger partial charge in [-0.05, 0) is 57.9 Å². The van der Waals surface area contributed by atoms with Crippen LogP contribution in [0.2, 0.25) is 0 Å². The zero-order chi connectivity index (χ0) is 24.1. The molecule has 2 aliphatic heterocycles. The first-order valence-electron chi connectivity index (χ1n) is 10.3. The van der Waals surface area contributed by atoms with Crippen LogP contribution in [-0.2, 0) is 10.9 Å². The highest BCUT2D eigenvalue weighted by molar-refractivity contribution is 7.99. The van der Waals surface area contributed by atoms with E-state index in [1.807, 2.05) is 6.07 Å². The van der Waals surface area contributed by atoms with Crippen LogP contribution in [0.1, 0.15) is 39.2 Å². The monoisotopic (exact) mass is 481 g/mol. The fourth-order valence-corrected chi connectivity index (χ4v) is 5.03. The van der Waals surface area contributed by atoms with E-state index in [1.165, 1.54) is 0 Å². The zero-order valence-corrected chi connectivity index (χ0v) is 19.0. The Morgan fingerprint density at radius 1 is 1.09 bits per heavy atom. The molecule has 1 amide bonds. The molecule has 0 unspecified atom stereocenters. The maximum Gasteiger partial charge on any atom is 0.419 e. The Labute approximate surface area is 192 Å². The van der Waals surface area contributed by atoms with Crippen LogP contribution >= 0.6 is 11.8 Å². The van der Waals surface area contributed by atoms with Crippen molar-refractivity contribution in [2.45, 2.75) is 55.2 Å². The Morgan fingerprint density at radius 2 is 1.76 bits per heavy atom. The zero-order valence-electron chi connectivity index (χ0n) is 18.2. The predicted molar refractivity (Wildman–Crippen MR) is 118 cm³/mol. The maximum atomic E-state index is 13.5. The highest BCUT2D eigenvalue weighted by atomic mass is 32.2. The smallest absolute Gasteiger partial charge is 0.419 e. The molecule has 0 aliphatic carbocycles. The van der Waals surface area contributed by atoms with Crippen LogP contribution in [-0.4, -0.2) is 29.7 Å². The van der Waals surface area contributed by atoms with E-state index in [4.69, 9.17) is 4.74 Å². The fraction of sp³-hybridized carbons (Fsp3) is 0.409. The summed E-state index contributed by atoms with van der Waals surface area (Å²) < 4.78 is 46.0. The molecule has 33 heavy (non-hydrogen) atoms. The summed E-state index contributed by atoms with van der Waals surface area (Å²) in [5.41, 5.74) is -1.90. The molecule has 1 saturated heterocycles. The molecule has 2 aliphatic rings. The van der Waals surface area contributed by atoms with Gasteiger partial charge in [-0.3, -0.25) is 10.1 Å². The van der Waals surface area contributed by atoms with Crippen molar-refractivity contribution in [2.75, 3.05) is 22.9 Å². The summed E-state index contributed by atoms with van der Waals surface area (Å²) in [5, 5.41) is 11.8. The molecule has 7 nitrogen and oxygen atoms in total. The first-order valence-corrected chi connectivity index (χ1v) is 11.2. The van der Waals surface area contributed by atoms with Gasteiger partial charge in [-0.1, -0.05) is 11.8 Å². The van der Waals surface area contributed by atoms with Gasteiger partial charge in [-0.15, -0.1) is 0 Å². The average molecular weight is 481 g/mol. The summed E-state index contributed by atoms with van der Waals surface area (Å²) in [6.07, 6.45) is -3.60. The van der Waals surface area contributed by atoms with Gasteiger partial charge in [0.1, 0.15) is 11.3 Å². The van der Waals surface area contributed by atoms with Crippen molar-refractivity contribution in [2.24, 2.45) is 0 Å². The number of nitro groups is 1. The van der Waals surface area contributed by atoms with E-state index >= 15 is 0 Å². The highest BCUT2D eigenvalue weighted by Crippen LogP contribution is 2.54. The molecule has 0 bridgehead atoms. The Bertz CT molecular complexity index is 1130. The minimum atomic E-state index is -4.78. The van der Waals surface area contributed by atoms with Crippen molar-refractivity contribution in [1.29, 1.82) is 0 Å². The van der Waals surface area contributed by atoms with Gasteiger partial charge in [0, 0.05) is 34.6 Å². The Morgan fingerprint density at radius 3 is 2.33 bits per heavy atom. The number of nitrogens with zero attached hydrogens (tertiary/aromatic N) is 3. The summed E-state index contributed by atoms with van der Waals surface area (Å²) in [6, 6.07) is 6.57. The molecule has 0 aromatic heterocycles. The molecule has 0 radical (unpaired) electrons. The van der Waals surface area contributed by atoms with Crippen LogP contribution < -0.4 is 9.80 Å². The van der Waals surface area contributed by atoms with Crippen LogP contribution in [0.5, 0.6) is 0 Å². The summed E-state index contributed by atoms with van der Waals surface area (Å²) in [5.74, 6) is 0. The third-order valence-electron chi connectivity index (χ3n) is 5.25. The molecule has 0 saturated carbocycles. The summed E-state index contributed by atoms with van der Waals surface area (Å²) in [4.78, 5) is 27.7. The first kappa shape index (κ1) is 23.2. The molecule has 11 heteroatoms. The molecule has 1 fully saturated rings. The number of carbonyl (C=O) groups excluding carboxylic acids is 1. The summed E-state index contributed by atoms with van der Waals surface area (Å²) in [6.45, 7) is 6.65. The van der Waals surface area contributed by atoms with E-state index in [9.17, 15) is 28.1 Å². The molecule has 0 N–H and O–H groups in total. The van der Waals surface area contributed by atoms with Crippen LogP contribution in [0.4, 0.5) is 40.7 Å². The number of fused-ring (bicyclic) bond motifs is 2. The van der Waals surface area contributed by atoms with Crippen LogP contribution in [0, 0.1) is 10.1 Å². The number of carbonyl (C=O) groups is 1. The summed E-state index contributed by atoms with van der Waals surface area (Å²) >= 11 is 0.976. The Kier molecular flexibility index (Phi) is 5.71. The lowest BCUT2D eigenvalue weighted by Crippen LogP contribution is -2.35. The molecule has 2 aromatic rings. The van der Waals surface area contributed by atoms with E-state index < -0.39 is 34.0 Å². The molecule has 0 atom stereocenters. The molecule has 2 heterocycles. The molecule has 4 rings (SSSR count). The topological polar surface area (TPSA) is 75.9 Å². The molecular formula is C22H22F3N3O4S. The van der Waals surface area contributed by atoms with Gasteiger partial charge in [-0.25, -0.2) is 9.69 Å². The lowest BCUT2D eigenvalue weighted by Gasteiger charge is -2.33. The molecule has 0 spiro atoms. The van der Waals surface area contributed by atoms with Gasteiger partial charge in [0.2, 0.25) is 0 Å². The van der Waals surface area contributed by atoms with Crippen LogP contribution in [0.15, 0.2) is 40.1 Å². The van der Waals surface area contributed by atoms with E-state index in [0.29, 0.717) is 16.6 Å². The van der Waals surface area contributed by atoms with Crippen molar-refractivity contribution in [3.8, 4) is 0 Å². The highest BCUT2D eigenvalue weighted by Gasteiger charge is 2.41. The Balaban J connectivity index is 1.91. The van der Waals surface area contributed by atoms with Crippen LogP contribution in [0.3, 0.4) is 0 Å². The van der Waals surface area contributed by atoms with Gasteiger partial charge in [0.25, 0.3) is 5.69 Å². The number of nitro benzene ring substituents is 1. The summed E-state index contributed by atoms with van der Waals surface area (Å²) in [7, 11) is 0. The number of hydrogen-bond donors (Lipinski definition) is 0. The van der Waals surface area contributed by atoms with Gasteiger partial charge < -0.3 is 9.64 Å². The van der Waals surface area contributed by atoms with E-state index in [1.54, 1.807) is 32.9 Å². The third kappa shape index (κ3) is 4.59. The number of anilines is 3. The average Bonchev–Trinajstić information content (AvgIpc) is 3.23. The second-order valence-electron chi connectivity index (χ2n) is 8.86. The first-order chi connectivity index (χ1) is 15.3. The Hall–Kier alpha value is -2.95. The lowest BCUT2D eigenvalue weighted by atomic mass is 10.1. The molecule has 176 valence electrons. The second kappa shape index (κ2) is 8.12. The normalized spacial score (nSPS) is 15.8. The predicted octanol–water partition coefficient (Wildman–Crippen LogP) is 6.75. The second-order valence-corrected chi connectivity index (χ2v) is 9.94.